The van der Waals surface area contributed by atoms with Gasteiger partial charge in [-0.3, -0.25) is 15.1 Å². The molecule has 0 unspecified atom stereocenters. The molecule has 2 aromatic rings. The molecule has 2 rings (SSSR count). The SMILES string of the molecule is Cc1ccc(CNc2ccc([N+](=O)[O-])c(C#N)n2)cn1. The number of nitrogens with zero attached hydrogens (tertiary/aromatic N) is 4. The number of aryl methyl sites for hydroxylation is 1. The fourth-order valence-electron chi connectivity index (χ4n) is 1.58. The standard InChI is InChI=1S/C13H11N5O2/c1-9-2-3-10(7-15-9)8-16-13-5-4-12(18(19)20)11(6-14)17-13/h2-5,7H,8H2,1H3,(H,16,17). The predicted molar refractivity (Wildman–Crippen MR) is 71.9 cm³/mol. The Kier molecular flexibility index (Phi) is 3.86. The molecule has 0 saturated heterocycles. The van der Waals surface area contributed by atoms with Crippen LogP contribution in [-0.4, -0.2) is 14.9 Å². The van der Waals surface area contributed by atoms with E-state index in [1.54, 1.807) is 12.3 Å². The van der Waals surface area contributed by atoms with Crippen LogP contribution in [-0.2, 0) is 6.54 Å². The second-order valence-corrected chi connectivity index (χ2v) is 4.09. The van der Waals surface area contributed by atoms with Gasteiger partial charge >= 0.3 is 5.69 Å². The first-order chi connectivity index (χ1) is 9.60. The maximum absolute atomic E-state index is 10.7. The van der Waals surface area contributed by atoms with Crippen molar-refractivity contribution in [1.29, 1.82) is 5.26 Å². The Morgan fingerprint density at radius 2 is 2.20 bits per heavy atom. The molecule has 20 heavy (non-hydrogen) atoms. The highest BCUT2D eigenvalue weighted by Gasteiger charge is 2.15. The van der Waals surface area contributed by atoms with E-state index in [-0.39, 0.29) is 11.4 Å². The normalized spacial score (nSPS) is 9.80. The van der Waals surface area contributed by atoms with Crippen molar-refractivity contribution in [2.75, 3.05) is 5.32 Å². The molecule has 0 amide bonds. The van der Waals surface area contributed by atoms with Crippen molar-refractivity contribution in [3.8, 4) is 6.07 Å². The lowest BCUT2D eigenvalue weighted by atomic mass is 10.2. The Bertz CT molecular complexity index is 676. The largest absolute Gasteiger partial charge is 0.366 e. The van der Waals surface area contributed by atoms with Gasteiger partial charge in [-0.05, 0) is 24.6 Å². The van der Waals surface area contributed by atoms with Gasteiger partial charge in [-0.1, -0.05) is 6.07 Å². The number of pyridine rings is 2. The molecule has 2 heterocycles. The minimum absolute atomic E-state index is 0.206. The first-order valence-electron chi connectivity index (χ1n) is 5.81. The molecule has 1 N–H and O–H groups in total. The fourth-order valence-corrected chi connectivity index (χ4v) is 1.58. The third kappa shape index (κ3) is 3.05. The van der Waals surface area contributed by atoms with Gasteiger partial charge in [0.05, 0.1) is 4.92 Å². The third-order valence-corrected chi connectivity index (χ3v) is 2.62. The zero-order valence-electron chi connectivity index (χ0n) is 10.7. The van der Waals surface area contributed by atoms with Crippen LogP contribution >= 0.6 is 0 Å². The summed E-state index contributed by atoms with van der Waals surface area (Å²) >= 11 is 0. The number of nitrogens with one attached hydrogen (secondary N) is 1. The lowest BCUT2D eigenvalue weighted by molar-refractivity contribution is -0.385. The first-order valence-corrected chi connectivity index (χ1v) is 5.81. The van der Waals surface area contributed by atoms with Crippen LogP contribution in [0.1, 0.15) is 17.0 Å². The fraction of sp³-hybridized carbons (Fsp3) is 0.154. The summed E-state index contributed by atoms with van der Waals surface area (Å²) in [6, 6.07) is 8.27. The van der Waals surface area contributed by atoms with E-state index in [1.807, 2.05) is 19.1 Å². The van der Waals surface area contributed by atoms with Crippen LogP contribution < -0.4 is 5.32 Å². The topological polar surface area (TPSA) is 105 Å². The number of nitro groups is 1. The zero-order valence-corrected chi connectivity index (χ0v) is 10.7. The van der Waals surface area contributed by atoms with Gasteiger partial charge in [0.25, 0.3) is 0 Å². The van der Waals surface area contributed by atoms with E-state index in [1.165, 1.54) is 12.1 Å². The lowest BCUT2D eigenvalue weighted by Crippen LogP contribution is -2.04. The van der Waals surface area contributed by atoms with E-state index in [2.05, 4.69) is 15.3 Å². The molecule has 0 atom stereocenters. The van der Waals surface area contributed by atoms with Crippen molar-refractivity contribution >= 4 is 11.5 Å². The number of hydrogen-bond acceptors (Lipinski definition) is 6. The molecule has 7 heteroatoms. The van der Waals surface area contributed by atoms with E-state index in [4.69, 9.17) is 5.26 Å². The van der Waals surface area contributed by atoms with E-state index in [0.717, 1.165) is 11.3 Å². The maximum atomic E-state index is 10.7. The molecule has 0 aliphatic rings. The highest BCUT2D eigenvalue weighted by Crippen LogP contribution is 2.18. The second-order valence-electron chi connectivity index (χ2n) is 4.09. The van der Waals surface area contributed by atoms with Crippen LogP contribution in [0.4, 0.5) is 11.5 Å². The Morgan fingerprint density at radius 1 is 1.40 bits per heavy atom. The van der Waals surface area contributed by atoms with Crippen molar-refractivity contribution in [1.82, 2.24) is 9.97 Å². The van der Waals surface area contributed by atoms with Gasteiger partial charge in [0.1, 0.15) is 11.9 Å². The molecule has 0 spiro atoms. The predicted octanol–water partition coefficient (Wildman–Crippen LogP) is 2.18. The Morgan fingerprint density at radius 3 is 2.80 bits per heavy atom. The summed E-state index contributed by atoms with van der Waals surface area (Å²) in [4.78, 5) is 18.1. The van der Waals surface area contributed by atoms with Crippen molar-refractivity contribution in [3.63, 3.8) is 0 Å². The Balaban J connectivity index is 2.12. The summed E-state index contributed by atoms with van der Waals surface area (Å²) in [6.07, 6.45) is 1.74. The quantitative estimate of drug-likeness (QED) is 0.673. The average Bonchev–Trinajstić information content (AvgIpc) is 2.46. The summed E-state index contributed by atoms with van der Waals surface area (Å²) < 4.78 is 0. The molecular formula is C13H11N5O2. The maximum Gasteiger partial charge on any atom is 0.305 e. The lowest BCUT2D eigenvalue weighted by Gasteiger charge is -2.06. The van der Waals surface area contributed by atoms with Crippen LogP contribution in [0.5, 0.6) is 0 Å². The minimum Gasteiger partial charge on any atom is -0.366 e. The smallest absolute Gasteiger partial charge is 0.305 e. The molecule has 0 fully saturated rings. The Hall–Kier alpha value is -3.01. The Labute approximate surface area is 115 Å². The third-order valence-electron chi connectivity index (χ3n) is 2.62. The summed E-state index contributed by atoms with van der Waals surface area (Å²) in [5.41, 5.74) is 1.38. The molecule has 0 bridgehead atoms. The van der Waals surface area contributed by atoms with E-state index >= 15 is 0 Å². The van der Waals surface area contributed by atoms with E-state index in [0.29, 0.717) is 12.4 Å². The molecule has 0 aromatic carbocycles. The van der Waals surface area contributed by atoms with Gasteiger partial charge in [0, 0.05) is 24.5 Å². The van der Waals surface area contributed by atoms with Gasteiger partial charge < -0.3 is 5.32 Å². The molecule has 0 saturated carbocycles. The summed E-state index contributed by atoms with van der Waals surface area (Å²) in [5.74, 6) is 0.410. The molecule has 2 aromatic heterocycles. The summed E-state index contributed by atoms with van der Waals surface area (Å²) in [6.45, 7) is 2.37. The van der Waals surface area contributed by atoms with Gasteiger partial charge in [-0.15, -0.1) is 0 Å². The van der Waals surface area contributed by atoms with Crippen molar-refractivity contribution in [3.05, 3.63) is 57.5 Å². The minimum atomic E-state index is -0.626. The highest BCUT2D eigenvalue weighted by atomic mass is 16.6. The number of anilines is 1. The number of rotatable bonds is 4. The van der Waals surface area contributed by atoms with Gasteiger partial charge in [-0.2, -0.15) is 5.26 Å². The van der Waals surface area contributed by atoms with Gasteiger partial charge in [-0.25, -0.2) is 4.98 Å². The highest BCUT2D eigenvalue weighted by molar-refractivity contribution is 5.50. The number of aromatic nitrogens is 2. The van der Waals surface area contributed by atoms with Crippen molar-refractivity contribution in [2.24, 2.45) is 0 Å². The molecule has 7 nitrogen and oxygen atoms in total. The zero-order chi connectivity index (χ0) is 14.5. The van der Waals surface area contributed by atoms with Crippen molar-refractivity contribution < 1.29 is 4.92 Å². The molecule has 0 aliphatic heterocycles. The van der Waals surface area contributed by atoms with Gasteiger partial charge in [0.2, 0.25) is 5.69 Å². The molecule has 100 valence electrons. The molecule has 0 aliphatic carbocycles. The van der Waals surface area contributed by atoms with Crippen LogP contribution in [0.25, 0.3) is 0 Å². The molecule has 0 radical (unpaired) electrons. The molecular weight excluding hydrogens is 258 g/mol. The van der Waals surface area contributed by atoms with E-state index in [9.17, 15) is 10.1 Å². The number of hydrogen-bond donors (Lipinski definition) is 1. The first kappa shape index (κ1) is 13.4. The van der Waals surface area contributed by atoms with Crippen molar-refractivity contribution in [2.45, 2.75) is 13.5 Å². The average molecular weight is 269 g/mol. The van der Waals surface area contributed by atoms with Crippen LogP contribution in [0.2, 0.25) is 0 Å². The van der Waals surface area contributed by atoms with E-state index < -0.39 is 4.92 Å². The summed E-state index contributed by atoms with van der Waals surface area (Å²) in [7, 11) is 0. The monoisotopic (exact) mass is 269 g/mol. The van der Waals surface area contributed by atoms with Crippen LogP contribution in [0.3, 0.4) is 0 Å². The van der Waals surface area contributed by atoms with Crippen LogP contribution in [0.15, 0.2) is 30.5 Å². The number of nitriles is 1. The second kappa shape index (κ2) is 5.75. The van der Waals surface area contributed by atoms with Crippen LogP contribution in [0, 0.1) is 28.4 Å². The summed E-state index contributed by atoms with van der Waals surface area (Å²) in [5, 5.41) is 22.5. The van der Waals surface area contributed by atoms with Gasteiger partial charge in [0.15, 0.2) is 0 Å².